The Balaban J connectivity index is 1.63. The van der Waals surface area contributed by atoms with Crippen LogP contribution in [-0.2, 0) is 16.1 Å². The minimum Gasteiger partial charge on any atom is -0.271 e. The molecule has 8 heteroatoms. The fourth-order valence-corrected chi connectivity index (χ4v) is 3.38. The van der Waals surface area contributed by atoms with Crippen LogP contribution < -0.4 is 4.90 Å². The number of amides is 2. The lowest BCUT2D eigenvalue weighted by Crippen LogP contribution is -2.39. The molecule has 2 heterocycles. The highest BCUT2D eigenvalue weighted by Crippen LogP contribution is 2.33. The van der Waals surface area contributed by atoms with Crippen LogP contribution in [0.2, 0.25) is 0 Å². The highest BCUT2D eigenvalue weighted by Gasteiger charge is 2.54. The Morgan fingerprint density at radius 2 is 1.78 bits per heavy atom. The van der Waals surface area contributed by atoms with E-state index >= 15 is 0 Å². The van der Waals surface area contributed by atoms with E-state index in [4.69, 9.17) is 0 Å². The van der Waals surface area contributed by atoms with Gasteiger partial charge in [0.25, 0.3) is 11.8 Å². The largest absolute Gasteiger partial charge is 0.271 e. The van der Waals surface area contributed by atoms with E-state index in [1.165, 1.54) is 11.1 Å². The second kappa shape index (κ2) is 6.22. The summed E-state index contributed by atoms with van der Waals surface area (Å²) < 4.78 is 26.7. The van der Waals surface area contributed by atoms with Gasteiger partial charge in [0.15, 0.2) is 23.7 Å². The number of carbonyl (C=O) groups excluding carboxylic acids is 2. The molecule has 138 valence electrons. The number of imide groups is 1. The molecule has 0 saturated carbocycles. The van der Waals surface area contributed by atoms with Crippen molar-refractivity contribution in [3.05, 3.63) is 64.7 Å². The lowest BCUT2D eigenvalue weighted by molar-refractivity contribution is -0.123. The van der Waals surface area contributed by atoms with Crippen molar-refractivity contribution in [3.63, 3.8) is 0 Å². The normalized spacial score (nSPS) is 21.3. The van der Waals surface area contributed by atoms with E-state index < -0.39 is 35.5 Å². The second-order valence-electron chi connectivity index (χ2n) is 6.73. The standard InChI is InChI=1S/C19H16F2N4O2/c1-10-3-4-11(2)12(7-10)9-24-17-16(22-23-24)18(26)25(19(17)27)13-5-6-14(20)15(21)8-13/h3-8,16-17H,9H2,1-2H3/t16-,17+/m1/s1. The van der Waals surface area contributed by atoms with Crippen LogP contribution in [0.15, 0.2) is 46.7 Å². The van der Waals surface area contributed by atoms with Crippen LogP contribution in [0.4, 0.5) is 14.5 Å². The zero-order valence-corrected chi connectivity index (χ0v) is 14.7. The molecule has 1 fully saturated rings. The Morgan fingerprint density at radius 3 is 2.52 bits per heavy atom. The van der Waals surface area contributed by atoms with Crippen molar-refractivity contribution in [2.75, 3.05) is 4.90 Å². The minimum absolute atomic E-state index is 0.0137. The zero-order valence-electron chi connectivity index (χ0n) is 14.7. The number of aryl methyl sites for hydroxylation is 2. The molecule has 2 amide bonds. The smallest absolute Gasteiger partial charge is 0.263 e. The number of fused-ring (bicyclic) bond motifs is 1. The van der Waals surface area contributed by atoms with Gasteiger partial charge in [-0.2, -0.15) is 5.11 Å². The van der Waals surface area contributed by atoms with E-state index in [9.17, 15) is 18.4 Å². The monoisotopic (exact) mass is 370 g/mol. The molecule has 2 aliphatic rings. The van der Waals surface area contributed by atoms with E-state index in [1.807, 2.05) is 32.0 Å². The molecule has 2 aromatic rings. The van der Waals surface area contributed by atoms with E-state index in [0.29, 0.717) is 6.54 Å². The summed E-state index contributed by atoms with van der Waals surface area (Å²) in [6, 6.07) is 7.01. The third-order valence-corrected chi connectivity index (χ3v) is 4.86. The molecule has 0 aromatic heterocycles. The maximum Gasteiger partial charge on any atom is 0.263 e. The Hall–Kier alpha value is -3.16. The van der Waals surface area contributed by atoms with E-state index in [2.05, 4.69) is 10.3 Å². The van der Waals surface area contributed by atoms with Crippen LogP contribution >= 0.6 is 0 Å². The molecule has 0 bridgehead atoms. The molecular formula is C19H16F2N4O2. The van der Waals surface area contributed by atoms with Crippen molar-refractivity contribution in [2.45, 2.75) is 32.5 Å². The molecule has 6 nitrogen and oxygen atoms in total. The Bertz CT molecular complexity index is 992. The quantitative estimate of drug-likeness (QED) is 0.780. The topological polar surface area (TPSA) is 65.3 Å². The number of nitrogens with zero attached hydrogens (tertiary/aromatic N) is 4. The third-order valence-electron chi connectivity index (χ3n) is 4.86. The van der Waals surface area contributed by atoms with Gasteiger partial charge in [0.05, 0.1) is 12.2 Å². The van der Waals surface area contributed by atoms with E-state index in [0.717, 1.165) is 33.7 Å². The SMILES string of the molecule is Cc1ccc(C)c(CN2N=N[C@H]3C(=O)N(c4ccc(F)c(F)c4)C(=O)[C@H]32)c1. The molecular weight excluding hydrogens is 354 g/mol. The molecule has 0 radical (unpaired) electrons. The number of carbonyl (C=O) groups is 2. The summed E-state index contributed by atoms with van der Waals surface area (Å²) in [6.07, 6.45) is 0. The molecule has 1 saturated heterocycles. The lowest BCUT2D eigenvalue weighted by atomic mass is 10.0. The number of halogens is 2. The Labute approximate surface area is 154 Å². The predicted molar refractivity (Wildman–Crippen MR) is 92.7 cm³/mol. The van der Waals surface area contributed by atoms with Gasteiger partial charge < -0.3 is 0 Å². The first kappa shape index (κ1) is 17.3. The van der Waals surface area contributed by atoms with Gasteiger partial charge >= 0.3 is 0 Å². The fourth-order valence-electron chi connectivity index (χ4n) is 3.38. The number of benzene rings is 2. The van der Waals surface area contributed by atoms with Crippen LogP contribution in [-0.4, -0.2) is 28.9 Å². The lowest BCUT2D eigenvalue weighted by Gasteiger charge is -2.21. The van der Waals surface area contributed by atoms with Crippen molar-refractivity contribution in [1.29, 1.82) is 0 Å². The molecule has 4 rings (SSSR count). The molecule has 27 heavy (non-hydrogen) atoms. The van der Waals surface area contributed by atoms with Gasteiger partial charge in [0.2, 0.25) is 0 Å². The average molecular weight is 370 g/mol. The summed E-state index contributed by atoms with van der Waals surface area (Å²) in [5.41, 5.74) is 3.07. The Kier molecular flexibility index (Phi) is 3.98. The molecule has 2 aliphatic heterocycles. The number of rotatable bonds is 3. The predicted octanol–water partition coefficient (Wildman–Crippen LogP) is 3.08. The zero-order chi connectivity index (χ0) is 19.3. The van der Waals surface area contributed by atoms with Crippen molar-refractivity contribution >= 4 is 17.5 Å². The molecule has 0 N–H and O–H groups in total. The first-order chi connectivity index (χ1) is 12.9. The number of hydrogen-bond acceptors (Lipinski definition) is 5. The maximum atomic E-state index is 13.5. The van der Waals surface area contributed by atoms with Crippen LogP contribution in [0.5, 0.6) is 0 Å². The fraction of sp³-hybridized carbons (Fsp3) is 0.263. The summed E-state index contributed by atoms with van der Waals surface area (Å²) in [5.74, 6) is -3.32. The van der Waals surface area contributed by atoms with E-state index in [1.54, 1.807) is 0 Å². The van der Waals surface area contributed by atoms with Crippen LogP contribution in [0.1, 0.15) is 16.7 Å². The molecule has 2 aromatic carbocycles. The highest BCUT2D eigenvalue weighted by molar-refractivity contribution is 6.25. The number of hydrogen-bond donors (Lipinski definition) is 0. The molecule has 2 atom stereocenters. The molecule has 0 spiro atoms. The summed E-state index contributed by atoms with van der Waals surface area (Å²) in [6.45, 7) is 4.24. The van der Waals surface area contributed by atoms with Crippen LogP contribution in [0.3, 0.4) is 0 Å². The summed E-state index contributed by atoms with van der Waals surface area (Å²) in [7, 11) is 0. The van der Waals surface area contributed by atoms with Crippen molar-refractivity contribution in [1.82, 2.24) is 5.01 Å². The molecule has 0 aliphatic carbocycles. The maximum absolute atomic E-state index is 13.5. The van der Waals surface area contributed by atoms with Gasteiger partial charge in [0, 0.05) is 6.07 Å². The van der Waals surface area contributed by atoms with Gasteiger partial charge in [-0.05, 0) is 37.1 Å². The van der Waals surface area contributed by atoms with Crippen molar-refractivity contribution in [3.8, 4) is 0 Å². The highest BCUT2D eigenvalue weighted by atomic mass is 19.2. The van der Waals surface area contributed by atoms with Crippen LogP contribution in [0, 0.1) is 25.5 Å². The first-order valence-corrected chi connectivity index (χ1v) is 8.43. The van der Waals surface area contributed by atoms with Gasteiger partial charge in [-0.3, -0.25) is 14.6 Å². The van der Waals surface area contributed by atoms with Gasteiger partial charge in [-0.25, -0.2) is 13.7 Å². The van der Waals surface area contributed by atoms with E-state index in [-0.39, 0.29) is 5.69 Å². The summed E-state index contributed by atoms with van der Waals surface area (Å²) in [4.78, 5) is 26.3. The van der Waals surface area contributed by atoms with Gasteiger partial charge in [-0.1, -0.05) is 29.0 Å². The summed E-state index contributed by atoms with van der Waals surface area (Å²) >= 11 is 0. The van der Waals surface area contributed by atoms with Crippen LogP contribution in [0.25, 0.3) is 0 Å². The third kappa shape index (κ3) is 2.77. The van der Waals surface area contributed by atoms with Gasteiger partial charge in [0.1, 0.15) is 0 Å². The molecule has 0 unspecified atom stereocenters. The van der Waals surface area contributed by atoms with Crippen molar-refractivity contribution in [2.24, 2.45) is 10.3 Å². The Morgan fingerprint density at radius 1 is 1.00 bits per heavy atom. The first-order valence-electron chi connectivity index (χ1n) is 8.43. The minimum atomic E-state index is -1.13. The summed E-state index contributed by atoms with van der Waals surface area (Å²) in [5, 5.41) is 9.43. The average Bonchev–Trinajstić information content (AvgIpc) is 3.14. The van der Waals surface area contributed by atoms with Gasteiger partial charge in [-0.15, -0.1) is 0 Å². The number of anilines is 1. The van der Waals surface area contributed by atoms with Crippen molar-refractivity contribution < 1.29 is 18.4 Å². The second-order valence-corrected chi connectivity index (χ2v) is 6.73.